The predicted molar refractivity (Wildman–Crippen MR) is 164 cm³/mol. The van der Waals surface area contributed by atoms with Gasteiger partial charge in [-0.1, -0.05) is 47.5 Å². The average molecular weight is 666 g/mol. The van der Waals surface area contributed by atoms with E-state index in [-0.39, 0.29) is 28.0 Å². The van der Waals surface area contributed by atoms with E-state index in [4.69, 9.17) is 32.7 Å². The smallest absolute Gasteiger partial charge is 0.857 e. The van der Waals surface area contributed by atoms with Crippen molar-refractivity contribution in [3.8, 4) is 11.5 Å². The van der Waals surface area contributed by atoms with Crippen molar-refractivity contribution in [1.82, 2.24) is 0 Å². The van der Waals surface area contributed by atoms with Gasteiger partial charge in [-0.25, -0.2) is 0 Å². The van der Waals surface area contributed by atoms with Crippen molar-refractivity contribution in [2.45, 2.75) is 0 Å². The van der Waals surface area contributed by atoms with E-state index < -0.39 is 11.8 Å². The molecule has 0 aromatic heterocycles. The second kappa shape index (κ2) is 20.6. The summed E-state index contributed by atoms with van der Waals surface area (Å²) in [6.45, 7) is 0. The van der Waals surface area contributed by atoms with Gasteiger partial charge in [0, 0.05) is 21.8 Å². The maximum absolute atomic E-state index is 11.7. The molecular weight excluding hydrogens is 638 g/mol. The Morgan fingerprint density at radius 3 is 1.14 bits per heavy atom. The molecule has 0 atom stereocenters. The Morgan fingerprint density at radius 1 is 0.558 bits per heavy atom. The van der Waals surface area contributed by atoms with Crippen molar-refractivity contribution in [3.05, 3.63) is 129 Å². The molecule has 0 aliphatic rings. The quantitative estimate of drug-likeness (QED) is 0.121. The van der Waals surface area contributed by atoms with Gasteiger partial charge in [0.25, 0.3) is 0 Å². The van der Waals surface area contributed by atoms with Gasteiger partial charge in [-0.15, -0.1) is 0 Å². The molecule has 0 spiro atoms. The van der Waals surface area contributed by atoms with Gasteiger partial charge in [0.2, 0.25) is 0 Å². The third-order valence-corrected chi connectivity index (χ3v) is 5.63. The Labute approximate surface area is 269 Å². The number of benzene rings is 4. The Morgan fingerprint density at radius 2 is 0.860 bits per heavy atom. The van der Waals surface area contributed by atoms with Crippen LogP contribution in [-0.4, -0.2) is 49.4 Å². The molecule has 10 nitrogen and oxygen atoms in total. The fraction of sp³-hybridized carbons (Fsp3) is 0.0667. The number of rotatable bonds is 8. The summed E-state index contributed by atoms with van der Waals surface area (Å²) in [5.41, 5.74) is 2.56. The van der Waals surface area contributed by atoms with Crippen molar-refractivity contribution in [3.63, 3.8) is 0 Å². The van der Waals surface area contributed by atoms with Crippen molar-refractivity contribution in [2.75, 3.05) is 14.2 Å². The zero-order chi connectivity index (χ0) is 28.7. The maximum atomic E-state index is 11.7. The Hall–Kier alpha value is -4.22. The fourth-order valence-corrected chi connectivity index (χ4v) is 3.23. The Kier molecular flexibility index (Phi) is 18.6. The average Bonchev–Trinajstić information content (AvgIpc) is 2.99. The minimum atomic E-state index is -0.411. The molecule has 0 unspecified atom stereocenters. The number of methoxy groups -OCH3 is 2. The maximum Gasteiger partial charge on any atom is 2.00 e. The van der Waals surface area contributed by atoms with Crippen LogP contribution in [0.15, 0.2) is 117 Å². The van der Waals surface area contributed by atoms with Crippen molar-refractivity contribution in [1.29, 1.82) is 0 Å². The van der Waals surface area contributed by atoms with Crippen molar-refractivity contribution < 1.29 is 47.7 Å². The van der Waals surface area contributed by atoms with Crippen LogP contribution in [-0.2, 0) is 17.1 Å². The van der Waals surface area contributed by atoms with Crippen LogP contribution >= 0.6 is 23.2 Å². The van der Waals surface area contributed by atoms with Crippen LogP contribution in [0.5, 0.6) is 11.5 Å². The van der Waals surface area contributed by atoms with Gasteiger partial charge in [0.1, 0.15) is 11.5 Å². The zero-order valence-corrected chi connectivity index (χ0v) is 25.6. The summed E-state index contributed by atoms with van der Waals surface area (Å²) in [5.74, 6) is 0.700. The summed E-state index contributed by atoms with van der Waals surface area (Å²) in [5, 5.41) is 39.3. The first-order valence-corrected chi connectivity index (χ1v) is 12.5. The van der Waals surface area contributed by atoms with Gasteiger partial charge in [-0.05, 0) is 95.1 Å². The summed E-state index contributed by atoms with van der Waals surface area (Å²) >= 11 is 11.5. The standard InChI is InChI=1S/2C15H13ClN2O2.Mn.2H2O/c2*1-20-14-8-2-11(3-9-14)10-17-18-15(19)12-4-6-13(16)7-5-12;;;/h2*2-10H,1H3,(H,18,19);;2*1H2/q;;+2;;/p-2/b2*17-10-;;;. The van der Waals surface area contributed by atoms with E-state index in [1.54, 1.807) is 62.8 Å². The summed E-state index contributed by atoms with van der Waals surface area (Å²) in [6, 6.07) is 27.5. The molecule has 4 aromatic rings. The van der Waals surface area contributed by atoms with E-state index in [1.165, 1.54) is 12.4 Å². The summed E-state index contributed by atoms with van der Waals surface area (Å²) in [7, 11) is 3.20. The van der Waals surface area contributed by atoms with Crippen LogP contribution in [0.3, 0.4) is 0 Å². The predicted octanol–water partition coefficient (Wildman–Crippen LogP) is 3.33. The van der Waals surface area contributed by atoms with Crippen LogP contribution in [0.1, 0.15) is 22.3 Å². The molecule has 0 heterocycles. The second-order valence-corrected chi connectivity index (χ2v) is 8.73. The van der Waals surface area contributed by atoms with Crippen LogP contribution < -0.4 is 19.7 Å². The molecule has 0 fully saturated rings. The van der Waals surface area contributed by atoms with Gasteiger partial charge in [0.05, 0.1) is 26.6 Å². The number of hydrogen-bond acceptors (Lipinski definition) is 8. The number of ether oxygens (including phenoxy) is 2. The van der Waals surface area contributed by atoms with Crippen LogP contribution in [0, 0.1) is 0 Å². The molecule has 1 radical (unpaired) electrons. The summed E-state index contributed by atoms with van der Waals surface area (Å²) in [4.78, 5) is 0. The summed E-state index contributed by atoms with van der Waals surface area (Å²) in [6.07, 6.45) is 3.01. The largest absolute Gasteiger partial charge is 2.00 e. The third-order valence-electron chi connectivity index (χ3n) is 5.12. The normalized spacial score (nSPS) is 11.0. The van der Waals surface area contributed by atoms with E-state index in [2.05, 4.69) is 20.4 Å². The minimum Gasteiger partial charge on any atom is -0.857 e. The Balaban J connectivity index is 0.000000767. The molecule has 4 aromatic carbocycles. The van der Waals surface area contributed by atoms with Gasteiger partial charge in [-0.3, -0.25) is 0 Å². The van der Waals surface area contributed by atoms with Crippen LogP contribution in [0.25, 0.3) is 0 Å². The fourth-order valence-electron chi connectivity index (χ4n) is 2.98. The van der Waals surface area contributed by atoms with E-state index in [1.807, 2.05) is 48.5 Å². The Bertz CT molecular complexity index is 1370. The van der Waals surface area contributed by atoms with Crippen molar-refractivity contribution >= 4 is 47.4 Å². The van der Waals surface area contributed by atoms with E-state index in [0.717, 1.165) is 22.6 Å². The van der Waals surface area contributed by atoms with E-state index >= 15 is 0 Å². The number of hydrogen-bond donors (Lipinski definition) is 0. The first-order chi connectivity index (χ1) is 19.4. The van der Waals surface area contributed by atoms with Crippen molar-refractivity contribution in [2.24, 2.45) is 20.4 Å². The number of nitrogens with zero attached hydrogens (tertiary/aromatic N) is 4. The van der Waals surface area contributed by atoms with Crippen LogP contribution in [0.2, 0.25) is 10.0 Å². The third kappa shape index (κ3) is 13.5. The molecule has 0 amide bonds. The number of halogens is 2. The van der Waals surface area contributed by atoms with Gasteiger partial charge in [-0.2, -0.15) is 20.4 Å². The van der Waals surface area contributed by atoms with E-state index in [9.17, 15) is 10.2 Å². The summed E-state index contributed by atoms with van der Waals surface area (Å²) < 4.78 is 10.1. The molecule has 0 saturated heterocycles. The SMILES string of the molecule is COc1ccc(/C=N\N=C(/[O-])c2ccc(Cl)cc2)cc1.COc1ccc(/C=N\N=C(/[O-])c2ccc(Cl)cc2)cc1.O.O.[Mn+2]. The molecule has 4 N–H and O–H groups in total. The van der Waals surface area contributed by atoms with Gasteiger partial charge >= 0.3 is 17.1 Å². The molecule has 13 heteroatoms. The van der Waals surface area contributed by atoms with Gasteiger partial charge < -0.3 is 30.6 Å². The molecule has 0 aliphatic heterocycles. The molecule has 0 saturated carbocycles. The van der Waals surface area contributed by atoms with Gasteiger partial charge in [0.15, 0.2) is 0 Å². The molecular formula is C30H28Cl2MnN4O6. The molecule has 43 heavy (non-hydrogen) atoms. The second-order valence-electron chi connectivity index (χ2n) is 7.86. The first-order valence-electron chi connectivity index (χ1n) is 11.7. The topological polar surface area (TPSA) is 177 Å². The molecule has 4 rings (SSSR count). The molecule has 225 valence electrons. The van der Waals surface area contributed by atoms with E-state index in [0.29, 0.717) is 21.2 Å². The molecule has 0 bridgehead atoms. The minimum absolute atomic E-state index is 0. The molecule has 0 aliphatic carbocycles. The van der Waals surface area contributed by atoms with Crippen LogP contribution in [0.4, 0.5) is 0 Å². The monoisotopic (exact) mass is 665 g/mol. The zero-order valence-electron chi connectivity index (χ0n) is 22.9. The first kappa shape index (κ1) is 38.8.